The van der Waals surface area contributed by atoms with Gasteiger partial charge < -0.3 is 10.3 Å². The van der Waals surface area contributed by atoms with Crippen LogP contribution in [-0.2, 0) is 6.54 Å². The topological polar surface area (TPSA) is 77.4 Å². The van der Waals surface area contributed by atoms with Crippen LogP contribution in [0.15, 0.2) is 90.8 Å². The molecule has 1 amide bonds. The zero-order chi connectivity index (χ0) is 22.2. The summed E-state index contributed by atoms with van der Waals surface area (Å²) in [6.45, 7) is 0.427. The van der Waals surface area contributed by atoms with Crippen molar-refractivity contribution in [2.45, 2.75) is 12.3 Å². The second-order valence-electron chi connectivity index (χ2n) is 8.66. The summed E-state index contributed by atoms with van der Waals surface area (Å²) in [6, 6.07) is 25.7. The van der Waals surface area contributed by atoms with E-state index in [0.29, 0.717) is 12.1 Å². The third-order valence-electron chi connectivity index (χ3n) is 6.70. The summed E-state index contributed by atoms with van der Waals surface area (Å²) in [7, 11) is 0. The van der Waals surface area contributed by atoms with E-state index >= 15 is 0 Å². The number of H-pyrrole nitrogens is 1. The van der Waals surface area contributed by atoms with E-state index in [-0.39, 0.29) is 5.91 Å². The number of amides is 1. The van der Waals surface area contributed by atoms with Crippen LogP contribution in [0.5, 0.6) is 0 Å². The molecule has 160 valence electrons. The Morgan fingerprint density at radius 1 is 0.939 bits per heavy atom. The molecule has 0 spiro atoms. The van der Waals surface area contributed by atoms with Crippen LogP contribution >= 0.6 is 0 Å². The first kappa shape index (κ1) is 18.3. The minimum Gasteiger partial charge on any atom is -0.356 e. The van der Waals surface area contributed by atoms with Gasteiger partial charge in [0, 0.05) is 27.7 Å². The van der Waals surface area contributed by atoms with Gasteiger partial charge in [-0.3, -0.25) is 20.3 Å². The fourth-order valence-electron chi connectivity index (χ4n) is 5.25. The number of carbonyl (C=O) groups excluding carboxylic acids is 1. The van der Waals surface area contributed by atoms with E-state index in [0.717, 1.165) is 44.9 Å². The quantitative estimate of drug-likeness (QED) is 0.422. The Labute approximate surface area is 190 Å². The summed E-state index contributed by atoms with van der Waals surface area (Å²) >= 11 is 0. The number of aromatic amines is 1. The van der Waals surface area contributed by atoms with Crippen LogP contribution in [0.25, 0.3) is 22.7 Å². The summed E-state index contributed by atoms with van der Waals surface area (Å²) in [5.74, 6) is -0.264. The molecule has 4 heterocycles. The predicted octanol–water partition coefficient (Wildman–Crippen LogP) is 4.20. The molecule has 4 aromatic rings. The summed E-state index contributed by atoms with van der Waals surface area (Å²) in [5, 5.41) is 4.68. The van der Waals surface area contributed by atoms with Gasteiger partial charge in [0.2, 0.25) is 0 Å². The van der Waals surface area contributed by atoms with Crippen molar-refractivity contribution in [3.8, 4) is 0 Å². The monoisotopic (exact) mass is 431 g/mol. The average molecular weight is 431 g/mol. The zero-order valence-electron chi connectivity index (χ0n) is 17.7. The van der Waals surface area contributed by atoms with E-state index in [9.17, 15) is 4.79 Å². The predicted molar refractivity (Wildman–Crippen MR) is 130 cm³/mol. The van der Waals surface area contributed by atoms with Crippen molar-refractivity contribution in [3.63, 3.8) is 0 Å². The molecule has 3 aromatic carbocycles. The fraction of sp³-hybridized carbons (Fsp3) is 0.0741. The van der Waals surface area contributed by atoms with Crippen molar-refractivity contribution >= 4 is 34.3 Å². The maximum Gasteiger partial charge on any atom is 0.259 e. The van der Waals surface area contributed by atoms with Gasteiger partial charge in [-0.25, -0.2) is 0 Å². The van der Waals surface area contributed by atoms with Gasteiger partial charge in [0.1, 0.15) is 5.82 Å². The van der Waals surface area contributed by atoms with Gasteiger partial charge in [0.25, 0.3) is 5.91 Å². The second kappa shape index (κ2) is 6.37. The van der Waals surface area contributed by atoms with Crippen molar-refractivity contribution in [2.24, 2.45) is 5.73 Å². The highest BCUT2D eigenvalue weighted by molar-refractivity contribution is 6.03. The molecular weight excluding hydrogens is 410 g/mol. The van der Waals surface area contributed by atoms with Crippen molar-refractivity contribution in [1.29, 1.82) is 0 Å². The molecule has 0 aliphatic carbocycles. The van der Waals surface area contributed by atoms with Gasteiger partial charge in [-0.1, -0.05) is 60.7 Å². The van der Waals surface area contributed by atoms with E-state index in [4.69, 9.17) is 5.73 Å². The first-order chi connectivity index (χ1) is 16.1. The minimum absolute atomic E-state index is 0.0644. The molecular formula is C27H21N5O. The van der Waals surface area contributed by atoms with Crippen LogP contribution in [-0.4, -0.2) is 21.6 Å². The van der Waals surface area contributed by atoms with Crippen LogP contribution in [0.4, 0.5) is 5.69 Å². The van der Waals surface area contributed by atoms with Crippen LogP contribution < -0.4 is 16.0 Å². The lowest BCUT2D eigenvalue weighted by atomic mass is 10.0. The number of para-hydroxylation sites is 2. The molecule has 3 aliphatic heterocycles. The smallest absolute Gasteiger partial charge is 0.259 e. The molecule has 6 heteroatoms. The van der Waals surface area contributed by atoms with Crippen LogP contribution in [0.3, 0.4) is 0 Å². The Balaban J connectivity index is 1.50. The Morgan fingerprint density at radius 3 is 2.58 bits per heavy atom. The van der Waals surface area contributed by atoms with Crippen molar-refractivity contribution < 1.29 is 4.79 Å². The Bertz CT molecular complexity index is 1520. The molecule has 0 bridgehead atoms. The first-order valence-corrected chi connectivity index (χ1v) is 11.0. The van der Waals surface area contributed by atoms with Crippen LogP contribution in [0.1, 0.15) is 27.2 Å². The number of carbonyl (C=O) groups is 1. The van der Waals surface area contributed by atoms with Gasteiger partial charge in [-0.15, -0.1) is 0 Å². The van der Waals surface area contributed by atoms with Gasteiger partial charge in [0.05, 0.1) is 17.9 Å². The van der Waals surface area contributed by atoms with Crippen molar-refractivity contribution in [1.82, 2.24) is 15.2 Å². The molecule has 0 fully saturated rings. The van der Waals surface area contributed by atoms with Crippen molar-refractivity contribution in [3.05, 3.63) is 113 Å². The van der Waals surface area contributed by atoms with E-state index in [1.54, 1.807) is 0 Å². The number of anilines is 1. The number of hydrogen-bond donors (Lipinski definition) is 3. The van der Waals surface area contributed by atoms with Crippen LogP contribution in [0, 0.1) is 0 Å². The summed E-state index contributed by atoms with van der Waals surface area (Å²) < 4.78 is 0. The molecule has 6 nitrogen and oxygen atoms in total. The number of rotatable bonds is 1. The standard InChI is InChI=1S/C27H21N5O/c28-27-15-14-17-8-4-7-13-22(17)32(27)25-24(30-27)23-19-11-5-6-12-20(19)29-21(23)16-31(25)26(33)18-9-2-1-3-10-18/h1-15,29-30H,16,28H2. The second-order valence-corrected chi connectivity index (χ2v) is 8.66. The number of fused-ring (bicyclic) bond motifs is 8. The van der Waals surface area contributed by atoms with E-state index in [1.165, 1.54) is 0 Å². The Hall–Kier alpha value is -4.29. The number of hydrogen-bond acceptors (Lipinski definition) is 4. The van der Waals surface area contributed by atoms with Gasteiger partial charge in [-0.2, -0.15) is 0 Å². The third kappa shape index (κ3) is 2.44. The Kier molecular flexibility index (Phi) is 3.53. The normalized spacial score (nSPS) is 20.3. The number of aromatic nitrogens is 1. The number of nitrogens with two attached hydrogens (primary N) is 1. The maximum atomic E-state index is 13.8. The minimum atomic E-state index is -0.978. The lowest BCUT2D eigenvalue weighted by molar-refractivity contribution is 0.0788. The van der Waals surface area contributed by atoms with E-state index < -0.39 is 5.79 Å². The van der Waals surface area contributed by atoms with E-state index in [2.05, 4.69) is 33.4 Å². The molecule has 7 rings (SSSR count). The molecule has 0 radical (unpaired) electrons. The highest BCUT2D eigenvalue weighted by Gasteiger charge is 2.50. The fourth-order valence-corrected chi connectivity index (χ4v) is 5.25. The SMILES string of the molecule is NC12C=Cc3ccccc3N1C1=C(N2)c2c([nH]c3ccccc23)CN1C(=O)c1ccccc1. The summed E-state index contributed by atoms with van der Waals surface area (Å²) in [4.78, 5) is 21.2. The molecule has 33 heavy (non-hydrogen) atoms. The largest absolute Gasteiger partial charge is 0.356 e. The molecule has 1 unspecified atom stereocenters. The maximum absolute atomic E-state index is 13.8. The molecule has 4 N–H and O–H groups in total. The molecule has 0 saturated carbocycles. The average Bonchev–Trinajstić information content (AvgIpc) is 3.38. The Morgan fingerprint density at radius 2 is 1.70 bits per heavy atom. The third-order valence-corrected chi connectivity index (χ3v) is 6.70. The lowest BCUT2D eigenvalue weighted by Crippen LogP contribution is -2.61. The number of nitrogens with one attached hydrogen (secondary N) is 2. The van der Waals surface area contributed by atoms with Gasteiger partial charge >= 0.3 is 0 Å². The lowest BCUT2D eigenvalue weighted by Gasteiger charge is -2.41. The van der Waals surface area contributed by atoms with Crippen LogP contribution in [0.2, 0.25) is 0 Å². The highest BCUT2D eigenvalue weighted by atomic mass is 16.2. The van der Waals surface area contributed by atoms with Gasteiger partial charge in [0.15, 0.2) is 5.79 Å². The number of nitrogens with zero attached hydrogens (tertiary/aromatic N) is 2. The first-order valence-electron chi connectivity index (χ1n) is 11.0. The summed E-state index contributed by atoms with van der Waals surface area (Å²) in [5.41, 5.74) is 13.6. The molecule has 1 aromatic heterocycles. The molecule has 0 saturated heterocycles. The number of benzene rings is 3. The zero-order valence-corrected chi connectivity index (χ0v) is 17.7. The van der Waals surface area contributed by atoms with E-state index in [1.807, 2.05) is 77.7 Å². The van der Waals surface area contributed by atoms with Crippen molar-refractivity contribution in [2.75, 3.05) is 4.90 Å². The summed E-state index contributed by atoms with van der Waals surface area (Å²) in [6.07, 6.45) is 4.00. The van der Waals surface area contributed by atoms with Gasteiger partial charge in [-0.05, 0) is 35.9 Å². The molecule has 3 aliphatic rings. The molecule has 1 atom stereocenters. The highest BCUT2D eigenvalue weighted by Crippen LogP contribution is 2.47.